The zero-order valence-corrected chi connectivity index (χ0v) is 10.9. The van der Waals surface area contributed by atoms with Crippen LogP contribution in [-0.2, 0) is 9.53 Å². The van der Waals surface area contributed by atoms with E-state index in [1.54, 1.807) is 0 Å². The molecule has 0 aromatic heterocycles. The van der Waals surface area contributed by atoms with E-state index >= 15 is 0 Å². The van der Waals surface area contributed by atoms with Gasteiger partial charge < -0.3 is 9.64 Å². The van der Waals surface area contributed by atoms with Gasteiger partial charge in [-0.05, 0) is 12.8 Å². The van der Waals surface area contributed by atoms with E-state index in [4.69, 9.17) is 9.73 Å². The average molecular weight is 262 g/mol. The molecule has 2 heterocycles. The van der Waals surface area contributed by atoms with Gasteiger partial charge in [-0.25, -0.2) is 4.99 Å². The summed E-state index contributed by atoms with van der Waals surface area (Å²) < 4.78 is 5.31. The normalized spacial score (nSPS) is 29.8. The Hall–Kier alpha value is -1.61. The van der Waals surface area contributed by atoms with Crippen LogP contribution < -0.4 is 5.32 Å². The third kappa shape index (κ3) is 2.08. The van der Waals surface area contributed by atoms with Crippen LogP contribution in [-0.4, -0.2) is 48.6 Å². The summed E-state index contributed by atoms with van der Waals surface area (Å²) in [4.78, 5) is 19.0. The molecule has 3 aliphatic rings. The monoisotopic (exact) mass is 262 g/mol. The van der Waals surface area contributed by atoms with Crippen LogP contribution in [0.2, 0.25) is 0 Å². The van der Waals surface area contributed by atoms with E-state index in [2.05, 4.69) is 16.3 Å². The summed E-state index contributed by atoms with van der Waals surface area (Å²) >= 11 is 0. The van der Waals surface area contributed by atoms with Gasteiger partial charge in [-0.15, -0.1) is 0 Å². The van der Waals surface area contributed by atoms with Gasteiger partial charge in [0.05, 0.1) is 24.8 Å². The molecule has 2 fully saturated rings. The molecule has 1 N–H and O–H groups in total. The van der Waals surface area contributed by atoms with Gasteiger partial charge in [0.1, 0.15) is 0 Å². The molecular formula is C13H18N4O2. The summed E-state index contributed by atoms with van der Waals surface area (Å²) in [7, 11) is 0. The van der Waals surface area contributed by atoms with Gasteiger partial charge in [-0.1, -0.05) is 12.8 Å². The second-order valence-corrected chi connectivity index (χ2v) is 5.40. The summed E-state index contributed by atoms with van der Waals surface area (Å²) in [5, 5.41) is 12.1. The van der Waals surface area contributed by atoms with Crippen LogP contribution in [0.25, 0.3) is 0 Å². The number of nitriles is 1. The third-order valence-electron chi connectivity index (χ3n) is 4.27. The minimum absolute atomic E-state index is 0.194. The van der Waals surface area contributed by atoms with E-state index in [1.807, 2.05) is 0 Å². The van der Waals surface area contributed by atoms with Crippen LogP contribution >= 0.6 is 0 Å². The van der Waals surface area contributed by atoms with Crippen molar-refractivity contribution in [1.82, 2.24) is 10.2 Å². The average Bonchev–Trinajstić information content (AvgIpc) is 2.88. The molecule has 1 unspecified atom stereocenters. The molecular weight excluding hydrogens is 244 g/mol. The number of guanidine groups is 1. The van der Waals surface area contributed by atoms with E-state index in [-0.39, 0.29) is 5.91 Å². The lowest BCUT2D eigenvalue weighted by molar-refractivity contribution is -0.124. The lowest BCUT2D eigenvalue weighted by atomic mass is 9.82. The van der Waals surface area contributed by atoms with Crippen molar-refractivity contribution in [3.05, 3.63) is 0 Å². The van der Waals surface area contributed by atoms with Gasteiger partial charge in [0.2, 0.25) is 11.9 Å². The van der Waals surface area contributed by atoms with E-state index in [0.717, 1.165) is 38.8 Å². The first-order valence-corrected chi connectivity index (χ1v) is 6.88. The summed E-state index contributed by atoms with van der Waals surface area (Å²) in [5.41, 5.74) is -0.481. The van der Waals surface area contributed by atoms with Gasteiger partial charge in [0, 0.05) is 13.1 Å². The number of carbonyl (C=O) groups excluding carboxylic acids is 1. The first-order chi connectivity index (χ1) is 9.25. The first kappa shape index (κ1) is 12.4. The minimum Gasteiger partial charge on any atom is -0.378 e. The minimum atomic E-state index is -0.639. The van der Waals surface area contributed by atoms with E-state index < -0.39 is 11.5 Å². The van der Waals surface area contributed by atoms with Gasteiger partial charge in [-0.2, -0.15) is 5.26 Å². The second-order valence-electron chi connectivity index (χ2n) is 5.40. The zero-order chi connectivity index (χ0) is 13.3. The number of morpholine rings is 1. The summed E-state index contributed by atoms with van der Waals surface area (Å²) in [6, 6.07) is 2.15. The number of carbonyl (C=O) groups is 1. The Balaban J connectivity index is 1.91. The highest BCUT2D eigenvalue weighted by atomic mass is 16.5. The molecule has 1 spiro atoms. The van der Waals surface area contributed by atoms with Crippen molar-refractivity contribution in [3.8, 4) is 6.07 Å². The molecule has 2 aliphatic heterocycles. The van der Waals surface area contributed by atoms with Crippen molar-refractivity contribution in [2.45, 2.75) is 31.2 Å². The molecule has 1 atom stereocenters. The standard InChI is InChI=1S/C13H18N4O2/c14-9-10-11(18)15-12(17-5-7-19-8-6-17)16-13(10)3-1-2-4-13/h10H,1-8H2,(H,15,16,18). The lowest BCUT2D eigenvalue weighted by Gasteiger charge is -2.38. The van der Waals surface area contributed by atoms with Crippen LogP contribution in [0.15, 0.2) is 4.99 Å². The Labute approximate surface area is 112 Å². The molecule has 3 rings (SSSR count). The predicted octanol–water partition coefficient (Wildman–Crippen LogP) is 0.257. The molecule has 0 radical (unpaired) electrons. The fourth-order valence-electron chi connectivity index (χ4n) is 3.22. The molecule has 0 aromatic carbocycles. The van der Waals surface area contributed by atoms with Crippen LogP contribution in [0.4, 0.5) is 0 Å². The fraction of sp³-hybridized carbons (Fsp3) is 0.769. The Bertz CT molecular complexity index is 442. The second kappa shape index (κ2) is 4.82. The van der Waals surface area contributed by atoms with Crippen molar-refractivity contribution < 1.29 is 9.53 Å². The van der Waals surface area contributed by atoms with Crippen molar-refractivity contribution in [3.63, 3.8) is 0 Å². The Morgan fingerprint density at radius 3 is 2.68 bits per heavy atom. The molecule has 1 saturated carbocycles. The van der Waals surface area contributed by atoms with Gasteiger partial charge in [0.25, 0.3) is 0 Å². The van der Waals surface area contributed by atoms with E-state index in [0.29, 0.717) is 19.2 Å². The van der Waals surface area contributed by atoms with Crippen LogP contribution in [0.3, 0.4) is 0 Å². The maximum atomic E-state index is 12.2. The Kier molecular flexibility index (Phi) is 3.15. The molecule has 0 bridgehead atoms. The van der Waals surface area contributed by atoms with Crippen LogP contribution in [0, 0.1) is 17.2 Å². The number of nitrogens with zero attached hydrogens (tertiary/aromatic N) is 3. The van der Waals surface area contributed by atoms with Crippen molar-refractivity contribution in [2.75, 3.05) is 26.3 Å². The molecule has 102 valence electrons. The first-order valence-electron chi connectivity index (χ1n) is 6.88. The van der Waals surface area contributed by atoms with Crippen molar-refractivity contribution >= 4 is 11.9 Å². The summed E-state index contributed by atoms with van der Waals surface area (Å²) in [6.45, 7) is 2.80. The molecule has 1 saturated heterocycles. The van der Waals surface area contributed by atoms with Crippen LogP contribution in [0.1, 0.15) is 25.7 Å². The van der Waals surface area contributed by atoms with Crippen molar-refractivity contribution in [1.29, 1.82) is 5.26 Å². The predicted molar refractivity (Wildman–Crippen MR) is 68.3 cm³/mol. The topological polar surface area (TPSA) is 77.7 Å². The van der Waals surface area contributed by atoms with Crippen LogP contribution in [0.5, 0.6) is 0 Å². The smallest absolute Gasteiger partial charge is 0.246 e. The highest BCUT2D eigenvalue weighted by molar-refractivity contribution is 6.02. The van der Waals surface area contributed by atoms with Gasteiger partial charge >= 0.3 is 0 Å². The number of amides is 1. The number of hydrogen-bond acceptors (Lipinski definition) is 5. The molecule has 6 nitrogen and oxygen atoms in total. The molecule has 1 amide bonds. The zero-order valence-electron chi connectivity index (χ0n) is 10.9. The molecule has 0 aromatic rings. The number of aliphatic imine (C=N–C) groups is 1. The van der Waals surface area contributed by atoms with E-state index in [1.165, 1.54) is 0 Å². The third-order valence-corrected chi connectivity index (χ3v) is 4.27. The maximum Gasteiger partial charge on any atom is 0.246 e. The Morgan fingerprint density at radius 2 is 2.05 bits per heavy atom. The molecule has 1 aliphatic carbocycles. The number of hydrogen-bond donors (Lipinski definition) is 1. The lowest BCUT2D eigenvalue weighted by Crippen LogP contribution is -2.58. The summed E-state index contributed by atoms with van der Waals surface area (Å²) in [6.07, 6.45) is 3.77. The quantitative estimate of drug-likeness (QED) is 0.679. The van der Waals surface area contributed by atoms with E-state index in [9.17, 15) is 10.1 Å². The number of ether oxygens (including phenoxy) is 1. The van der Waals surface area contributed by atoms with Crippen molar-refractivity contribution in [2.24, 2.45) is 10.9 Å². The molecule has 6 heteroatoms. The highest BCUT2D eigenvalue weighted by Gasteiger charge is 2.49. The number of nitrogens with one attached hydrogen (secondary N) is 1. The highest BCUT2D eigenvalue weighted by Crippen LogP contribution is 2.41. The largest absolute Gasteiger partial charge is 0.378 e. The van der Waals surface area contributed by atoms with Gasteiger partial charge in [0.15, 0.2) is 5.92 Å². The Morgan fingerprint density at radius 1 is 1.37 bits per heavy atom. The molecule has 19 heavy (non-hydrogen) atoms. The SMILES string of the molecule is N#CC1C(=O)NC(N2CCOCC2)=NC12CCCC2. The van der Waals surface area contributed by atoms with Gasteiger partial charge in [-0.3, -0.25) is 10.1 Å². The summed E-state index contributed by atoms with van der Waals surface area (Å²) in [5.74, 6) is -0.192. The maximum absolute atomic E-state index is 12.2. The number of rotatable bonds is 0. The fourth-order valence-corrected chi connectivity index (χ4v) is 3.22.